The number of aliphatic hydroxyl groups is 1. The molecular formula is C10H21N3O2. The number of amidine groups is 1. The highest BCUT2D eigenvalue weighted by Gasteiger charge is 2.20. The summed E-state index contributed by atoms with van der Waals surface area (Å²) in [4.78, 5) is 2.30. The number of nitrogens with two attached hydrogens (primary N) is 1. The third-order valence-electron chi connectivity index (χ3n) is 3.12. The molecule has 1 rings (SSSR count). The van der Waals surface area contributed by atoms with Gasteiger partial charge in [-0.15, -0.1) is 0 Å². The molecule has 15 heavy (non-hydrogen) atoms. The number of rotatable bonds is 4. The van der Waals surface area contributed by atoms with Gasteiger partial charge in [0.25, 0.3) is 0 Å². The van der Waals surface area contributed by atoms with Crippen LogP contribution in [0.25, 0.3) is 0 Å². The number of aliphatic hydroxyl groups excluding tert-OH is 1. The van der Waals surface area contributed by atoms with Crippen molar-refractivity contribution in [1.82, 2.24) is 4.90 Å². The quantitative estimate of drug-likeness (QED) is 0.268. The Labute approximate surface area is 90.6 Å². The number of hydrogen-bond donors (Lipinski definition) is 3. The lowest BCUT2D eigenvalue weighted by Crippen LogP contribution is -2.40. The molecule has 1 atom stereocenters. The Kier molecular flexibility index (Phi) is 4.84. The molecule has 1 fully saturated rings. The highest BCUT2D eigenvalue weighted by Crippen LogP contribution is 2.17. The topological polar surface area (TPSA) is 82.1 Å². The predicted molar refractivity (Wildman–Crippen MR) is 58.8 cm³/mol. The van der Waals surface area contributed by atoms with E-state index in [1.54, 1.807) is 0 Å². The number of oxime groups is 1. The van der Waals surface area contributed by atoms with Crippen molar-refractivity contribution in [3.8, 4) is 0 Å². The van der Waals surface area contributed by atoms with Gasteiger partial charge in [0.15, 0.2) is 0 Å². The first-order chi connectivity index (χ1) is 7.17. The average Bonchev–Trinajstić information content (AvgIpc) is 2.29. The molecule has 0 aromatic rings. The first-order valence-corrected chi connectivity index (χ1v) is 5.48. The molecule has 5 nitrogen and oxygen atoms in total. The maximum absolute atomic E-state index is 8.99. The number of nitrogens with zero attached hydrogens (tertiary/aromatic N) is 2. The second kappa shape index (κ2) is 5.92. The van der Waals surface area contributed by atoms with Crippen LogP contribution in [0.3, 0.4) is 0 Å². The minimum Gasteiger partial charge on any atom is -0.409 e. The van der Waals surface area contributed by atoms with Crippen LogP contribution in [0.4, 0.5) is 0 Å². The highest BCUT2D eigenvalue weighted by atomic mass is 16.4. The summed E-state index contributed by atoms with van der Waals surface area (Å²) in [5, 5.41) is 20.5. The predicted octanol–water partition coefficient (Wildman–Crippen LogP) is 0.0732. The largest absolute Gasteiger partial charge is 0.409 e. The fourth-order valence-electron chi connectivity index (χ4n) is 1.93. The summed E-state index contributed by atoms with van der Waals surface area (Å²) in [6, 6.07) is 0. The number of piperidine rings is 1. The molecular weight excluding hydrogens is 194 g/mol. The fraction of sp³-hybridized carbons (Fsp3) is 0.900. The van der Waals surface area contributed by atoms with Crippen LogP contribution in [0, 0.1) is 11.8 Å². The van der Waals surface area contributed by atoms with Crippen LogP contribution in [0.15, 0.2) is 5.16 Å². The minimum absolute atomic E-state index is 0.0840. The normalized spacial score (nSPS) is 22.9. The van der Waals surface area contributed by atoms with Crippen LogP contribution < -0.4 is 5.73 Å². The molecule has 0 saturated carbocycles. The molecule has 1 saturated heterocycles. The van der Waals surface area contributed by atoms with Crippen LogP contribution in [-0.4, -0.2) is 47.3 Å². The molecule has 4 N–H and O–H groups in total. The van der Waals surface area contributed by atoms with Gasteiger partial charge in [-0.1, -0.05) is 12.1 Å². The zero-order chi connectivity index (χ0) is 11.3. The van der Waals surface area contributed by atoms with Gasteiger partial charge in [0.1, 0.15) is 5.84 Å². The van der Waals surface area contributed by atoms with Gasteiger partial charge in [0.2, 0.25) is 0 Å². The van der Waals surface area contributed by atoms with Crippen LogP contribution in [-0.2, 0) is 0 Å². The maximum atomic E-state index is 8.99. The lowest BCUT2D eigenvalue weighted by molar-refractivity contribution is 0.127. The highest BCUT2D eigenvalue weighted by molar-refractivity contribution is 5.82. The van der Waals surface area contributed by atoms with Crippen molar-refractivity contribution in [2.45, 2.75) is 19.8 Å². The van der Waals surface area contributed by atoms with Gasteiger partial charge in [-0.25, -0.2) is 0 Å². The second-order valence-electron chi connectivity index (χ2n) is 4.35. The van der Waals surface area contributed by atoms with E-state index in [4.69, 9.17) is 16.0 Å². The Morgan fingerprint density at radius 2 is 2.13 bits per heavy atom. The van der Waals surface area contributed by atoms with Crippen LogP contribution in [0.5, 0.6) is 0 Å². The van der Waals surface area contributed by atoms with Gasteiger partial charge in [-0.05, 0) is 31.8 Å². The molecule has 0 aromatic heterocycles. The number of likely N-dealkylation sites (tertiary alicyclic amines) is 1. The van der Waals surface area contributed by atoms with E-state index < -0.39 is 0 Å². The van der Waals surface area contributed by atoms with Crippen molar-refractivity contribution in [2.75, 3.05) is 26.2 Å². The standard InChI is InChI=1S/C10H21N3O2/c1-8(10(11)12-15)6-13-4-2-9(7-14)3-5-13/h8-9,14-15H,2-7H2,1H3,(H2,11,12). The Morgan fingerprint density at radius 1 is 1.53 bits per heavy atom. The van der Waals surface area contributed by atoms with E-state index in [-0.39, 0.29) is 5.92 Å². The van der Waals surface area contributed by atoms with E-state index in [0.717, 1.165) is 32.5 Å². The second-order valence-corrected chi connectivity index (χ2v) is 4.35. The molecule has 0 bridgehead atoms. The van der Waals surface area contributed by atoms with E-state index in [2.05, 4.69) is 10.1 Å². The average molecular weight is 215 g/mol. The zero-order valence-electron chi connectivity index (χ0n) is 9.26. The van der Waals surface area contributed by atoms with Gasteiger partial charge in [0, 0.05) is 19.1 Å². The summed E-state index contributed by atoms with van der Waals surface area (Å²) < 4.78 is 0. The fourth-order valence-corrected chi connectivity index (χ4v) is 1.93. The Bertz CT molecular complexity index is 213. The lowest BCUT2D eigenvalue weighted by Gasteiger charge is -2.32. The zero-order valence-corrected chi connectivity index (χ0v) is 9.26. The van der Waals surface area contributed by atoms with E-state index in [0.29, 0.717) is 18.4 Å². The Balaban J connectivity index is 2.29. The smallest absolute Gasteiger partial charge is 0.143 e. The van der Waals surface area contributed by atoms with Gasteiger partial charge in [0.05, 0.1) is 0 Å². The lowest BCUT2D eigenvalue weighted by atomic mass is 9.97. The monoisotopic (exact) mass is 215 g/mol. The van der Waals surface area contributed by atoms with E-state index in [1.807, 2.05) is 6.92 Å². The molecule has 0 radical (unpaired) electrons. The van der Waals surface area contributed by atoms with Crippen LogP contribution in [0.1, 0.15) is 19.8 Å². The molecule has 0 aromatic carbocycles. The van der Waals surface area contributed by atoms with E-state index in [9.17, 15) is 0 Å². The van der Waals surface area contributed by atoms with Crippen LogP contribution in [0.2, 0.25) is 0 Å². The molecule has 0 aliphatic carbocycles. The molecule has 1 unspecified atom stereocenters. The molecule has 0 spiro atoms. The first kappa shape index (κ1) is 12.3. The third-order valence-corrected chi connectivity index (χ3v) is 3.12. The summed E-state index contributed by atoms with van der Waals surface area (Å²) >= 11 is 0. The van der Waals surface area contributed by atoms with E-state index >= 15 is 0 Å². The van der Waals surface area contributed by atoms with Crippen molar-refractivity contribution in [3.63, 3.8) is 0 Å². The Morgan fingerprint density at radius 3 is 2.60 bits per heavy atom. The van der Waals surface area contributed by atoms with E-state index in [1.165, 1.54) is 0 Å². The van der Waals surface area contributed by atoms with Crippen LogP contribution >= 0.6 is 0 Å². The molecule has 1 aliphatic rings. The van der Waals surface area contributed by atoms with Crippen molar-refractivity contribution < 1.29 is 10.3 Å². The summed E-state index contributed by atoms with van der Waals surface area (Å²) in [5.41, 5.74) is 5.52. The van der Waals surface area contributed by atoms with Crippen molar-refractivity contribution >= 4 is 5.84 Å². The number of hydrogen-bond acceptors (Lipinski definition) is 4. The summed E-state index contributed by atoms with van der Waals surface area (Å²) in [7, 11) is 0. The maximum Gasteiger partial charge on any atom is 0.143 e. The summed E-state index contributed by atoms with van der Waals surface area (Å²) in [6.45, 7) is 5.06. The van der Waals surface area contributed by atoms with Gasteiger partial charge >= 0.3 is 0 Å². The summed E-state index contributed by atoms with van der Waals surface area (Å²) in [5.74, 6) is 0.834. The minimum atomic E-state index is 0.0840. The molecule has 5 heteroatoms. The van der Waals surface area contributed by atoms with Gasteiger partial charge in [-0.2, -0.15) is 0 Å². The van der Waals surface area contributed by atoms with Gasteiger partial charge in [-0.3, -0.25) is 0 Å². The molecule has 0 amide bonds. The van der Waals surface area contributed by atoms with Gasteiger partial charge < -0.3 is 20.9 Å². The van der Waals surface area contributed by atoms with Crippen molar-refractivity contribution in [1.29, 1.82) is 0 Å². The van der Waals surface area contributed by atoms with Crippen molar-refractivity contribution in [3.05, 3.63) is 0 Å². The molecule has 88 valence electrons. The Hall–Kier alpha value is -0.810. The molecule has 1 aliphatic heterocycles. The molecule has 1 heterocycles. The third kappa shape index (κ3) is 3.68. The summed E-state index contributed by atoms with van der Waals surface area (Å²) in [6.07, 6.45) is 2.08. The first-order valence-electron chi connectivity index (χ1n) is 5.48. The van der Waals surface area contributed by atoms with Crippen molar-refractivity contribution in [2.24, 2.45) is 22.7 Å². The SMILES string of the molecule is CC(CN1CCC(CO)CC1)/C(N)=N/O.